The molecule has 1 aromatic heterocycles. The maximum atomic E-state index is 12.9. The lowest BCUT2D eigenvalue weighted by molar-refractivity contribution is -0.116. The molecule has 2 aromatic carbocycles. The van der Waals surface area contributed by atoms with E-state index < -0.39 is 0 Å². The van der Waals surface area contributed by atoms with Gasteiger partial charge in [-0.25, -0.2) is 4.98 Å². The standard InChI is InChI=1S/C25H30N4O5/c1-32-22-14-19-21(15-23(22)33-2)26-17-29(25(19)31)9-5-8-24(30)27-20-7-4-3-6-18(20)16-28-10-12-34-13-11-28/h3-4,6-7,14-15,17H,5,8-13,16H2,1-2H3,(H,27,30). The first-order valence-corrected chi connectivity index (χ1v) is 11.4. The first-order valence-electron chi connectivity index (χ1n) is 11.4. The zero-order valence-electron chi connectivity index (χ0n) is 19.6. The molecule has 3 aromatic rings. The summed E-state index contributed by atoms with van der Waals surface area (Å²) in [5.74, 6) is 0.912. The molecule has 9 heteroatoms. The average Bonchev–Trinajstić information content (AvgIpc) is 2.86. The van der Waals surface area contributed by atoms with Crippen LogP contribution in [0.1, 0.15) is 18.4 Å². The summed E-state index contributed by atoms with van der Waals surface area (Å²) in [6.07, 6.45) is 2.31. The summed E-state index contributed by atoms with van der Waals surface area (Å²) in [6.45, 7) is 4.39. The largest absolute Gasteiger partial charge is 0.493 e. The molecule has 1 amide bonds. The van der Waals surface area contributed by atoms with Crippen molar-refractivity contribution in [2.24, 2.45) is 0 Å². The summed E-state index contributed by atoms with van der Waals surface area (Å²) in [5.41, 5.74) is 2.26. The Balaban J connectivity index is 1.37. The number of amides is 1. The molecule has 0 unspecified atom stereocenters. The fraction of sp³-hybridized carbons (Fsp3) is 0.400. The number of nitrogens with zero attached hydrogens (tertiary/aromatic N) is 3. The van der Waals surface area contributed by atoms with E-state index in [1.165, 1.54) is 25.1 Å². The zero-order valence-corrected chi connectivity index (χ0v) is 19.6. The van der Waals surface area contributed by atoms with E-state index in [4.69, 9.17) is 14.2 Å². The predicted octanol–water partition coefficient (Wildman–Crippen LogP) is 2.66. The number of hydrogen-bond acceptors (Lipinski definition) is 7. The van der Waals surface area contributed by atoms with Crippen LogP contribution >= 0.6 is 0 Å². The SMILES string of the molecule is COc1cc2ncn(CCCC(=O)Nc3ccccc3CN3CCOCC3)c(=O)c2cc1OC. The van der Waals surface area contributed by atoms with Crippen molar-refractivity contribution in [2.75, 3.05) is 45.8 Å². The van der Waals surface area contributed by atoms with Crippen molar-refractivity contribution in [2.45, 2.75) is 25.9 Å². The Morgan fingerprint density at radius 2 is 1.85 bits per heavy atom. The van der Waals surface area contributed by atoms with Crippen LogP contribution in [0.2, 0.25) is 0 Å². The smallest absolute Gasteiger partial charge is 0.261 e. The van der Waals surface area contributed by atoms with E-state index >= 15 is 0 Å². The first kappa shape index (κ1) is 23.7. The quantitative estimate of drug-likeness (QED) is 0.518. The molecule has 34 heavy (non-hydrogen) atoms. The van der Waals surface area contributed by atoms with Gasteiger partial charge < -0.3 is 19.5 Å². The number of methoxy groups -OCH3 is 2. The van der Waals surface area contributed by atoms with Crippen molar-refractivity contribution < 1.29 is 19.0 Å². The minimum atomic E-state index is -0.179. The Kier molecular flexibility index (Phi) is 7.76. The number of nitrogens with one attached hydrogen (secondary N) is 1. The molecule has 1 N–H and O–H groups in total. The van der Waals surface area contributed by atoms with Gasteiger partial charge in [-0.1, -0.05) is 18.2 Å². The van der Waals surface area contributed by atoms with Gasteiger partial charge in [0.2, 0.25) is 5.91 Å². The van der Waals surface area contributed by atoms with Crippen LogP contribution in [0.25, 0.3) is 10.9 Å². The molecule has 0 saturated carbocycles. The fourth-order valence-corrected chi connectivity index (χ4v) is 4.05. The second-order valence-electron chi connectivity index (χ2n) is 8.16. The topological polar surface area (TPSA) is 94.9 Å². The molecule has 0 atom stereocenters. The number of benzene rings is 2. The summed E-state index contributed by atoms with van der Waals surface area (Å²) >= 11 is 0. The number of aromatic nitrogens is 2. The first-order chi connectivity index (χ1) is 16.6. The Bertz CT molecular complexity index is 1200. The van der Waals surface area contributed by atoms with Gasteiger partial charge in [0.25, 0.3) is 5.56 Å². The Morgan fingerprint density at radius 1 is 1.12 bits per heavy atom. The van der Waals surface area contributed by atoms with E-state index in [1.54, 1.807) is 12.1 Å². The molecule has 1 saturated heterocycles. The van der Waals surface area contributed by atoms with E-state index in [0.29, 0.717) is 41.8 Å². The number of rotatable bonds is 9. The van der Waals surface area contributed by atoms with Gasteiger partial charge in [-0.15, -0.1) is 0 Å². The van der Waals surface area contributed by atoms with Crippen molar-refractivity contribution in [1.29, 1.82) is 0 Å². The van der Waals surface area contributed by atoms with Crippen molar-refractivity contribution in [1.82, 2.24) is 14.5 Å². The van der Waals surface area contributed by atoms with Gasteiger partial charge in [0.05, 0.1) is 44.7 Å². The molecule has 0 aliphatic carbocycles. The highest BCUT2D eigenvalue weighted by molar-refractivity contribution is 5.91. The lowest BCUT2D eigenvalue weighted by Crippen LogP contribution is -2.35. The van der Waals surface area contributed by atoms with Crippen LogP contribution < -0.4 is 20.3 Å². The van der Waals surface area contributed by atoms with Crippen LogP contribution in [0.15, 0.2) is 47.5 Å². The molecule has 4 rings (SSSR count). The number of aryl methyl sites for hydroxylation is 1. The van der Waals surface area contributed by atoms with Gasteiger partial charge in [0.15, 0.2) is 11.5 Å². The number of fused-ring (bicyclic) bond motifs is 1. The lowest BCUT2D eigenvalue weighted by atomic mass is 10.1. The van der Waals surface area contributed by atoms with E-state index in [2.05, 4.69) is 15.2 Å². The van der Waals surface area contributed by atoms with Crippen LogP contribution in [0.4, 0.5) is 5.69 Å². The third-order valence-corrected chi connectivity index (χ3v) is 5.92. The highest BCUT2D eigenvalue weighted by Gasteiger charge is 2.14. The molecular weight excluding hydrogens is 436 g/mol. The summed E-state index contributed by atoms with van der Waals surface area (Å²) < 4.78 is 17.5. The molecule has 9 nitrogen and oxygen atoms in total. The Labute approximate surface area is 198 Å². The Hall–Kier alpha value is -3.43. The third-order valence-electron chi connectivity index (χ3n) is 5.92. The second-order valence-corrected chi connectivity index (χ2v) is 8.16. The van der Waals surface area contributed by atoms with Gasteiger partial charge in [-0.05, 0) is 24.1 Å². The summed E-state index contributed by atoms with van der Waals surface area (Å²) in [5, 5.41) is 3.47. The lowest BCUT2D eigenvalue weighted by Gasteiger charge is -2.27. The predicted molar refractivity (Wildman–Crippen MR) is 130 cm³/mol. The molecular formula is C25H30N4O5. The van der Waals surface area contributed by atoms with Gasteiger partial charge in [-0.3, -0.25) is 19.1 Å². The highest BCUT2D eigenvalue weighted by atomic mass is 16.5. The minimum absolute atomic E-state index is 0.0809. The molecule has 1 fully saturated rings. The van der Waals surface area contributed by atoms with Crippen molar-refractivity contribution >= 4 is 22.5 Å². The van der Waals surface area contributed by atoms with Gasteiger partial charge in [0, 0.05) is 44.4 Å². The van der Waals surface area contributed by atoms with E-state index in [-0.39, 0.29) is 11.5 Å². The minimum Gasteiger partial charge on any atom is -0.493 e. The number of carbonyl (C=O) groups is 1. The maximum Gasteiger partial charge on any atom is 0.261 e. The van der Waals surface area contributed by atoms with Crippen LogP contribution in [0, 0.1) is 0 Å². The average molecular weight is 467 g/mol. The van der Waals surface area contributed by atoms with Crippen LogP contribution in [0.3, 0.4) is 0 Å². The molecule has 1 aliphatic heterocycles. The molecule has 0 bridgehead atoms. The number of morpholine rings is 1. The van der Waals surface area contributed by atoms with E-state index in [0.717, 1.165) is 44.1 Å². The van der Waals surface area contributed by atoms with Gasteiger partial charge >= 0.3 is 0 Å². The molecule has 180 valence electrons. The maximum absolute atomic E-state index is 12.9. The Morgan fingerprint density at radius 3 is 2.62 bits per heavy atom. The molecule has 0 radical (unpaired) electrons. The van der Waals surface area contributed by atoms with E-state index in [1.807, 2.05) is 24.3 Å². The van der Waals surface area contributed by atoms with Crippen LogP contribution in [0.5, 0.6) is 11.5 Å². The summed E-state index contributed by atoms with van der Waals surface area (Å²) in [6, 6.07) is 11.2. The number of para-hydroxylation sites is 1. The third kappa shape index (κ3) is 5.55. The highest BCUT2D eigenvalue weighted by Crippen LogP contribution is 2.29. The summed E-state index contributed by atoms with van der Waals surface area (Å²) in [4.78, 5) is 32.2. The van der Waals surface area contributed by atoms with Gasteiger partial charge in [0.1, 0.15) is 0 Å². The zero-order chi connectivity index (χ0) is 23.9. The van der Waals surface area contributed by atoms with Crippen molar-refractivity contribution in [3.05, 3.63) is 58.6 Å². The molecule has 2 heterocycles. The van der Waals surface area contributed by atoms with Crippen molar-refractivity contribution in [3.8, 4) is 11.5 Å². The number of carbonyl (C=O) groups excluding carboxylic acids is 1. The summed E-state index contributed by atoms with van der Waals surface area (Å²) in [7, 11) is 3.06. The number of ether oxygens (including phenoxy) is 3. The number of hydrogen-bond donors (Lipinski definition) is 1. The molecule has 1 aliphatic rings. The second kappa shape index (κ2) is 11.1. The fourth-order valence-electron chi connectivity index (χ4n) is 4.05. The van der Waals surface area contributed by atoms with Gasteiger partial charge in [-0.2, -0.15) is 0 Å². The van der Waals surface area contributed by atoms with Crippen LogP contribution in [-0.2, 0) is 22.6 Å². The van der Waals surface area contributed by atoms with E-state index in [9.17, 15) is 9.59 Å². The molecule has 0 spiro atoms. The van der Waals surface area contributed by atoms with Crippen LogP contribution in [-0.4, -0.2) is 60.9 Å². The number of anilines is 1. The monoisotopic (exact) mass is 466 g/mol. The normalized spacial score (nSPS) is 14.2. The van der Waals surface area contributed by atoms with Crippen molar-refractivity contribution in [3.63, 3.8) is 0 Å².